The number of nitrogens with zero attached hydrogens (tertiary/aromatic N) is 1. The van der Waals surface area contributed by atoms with Crippen LogP contribution in [-0.4, -0.2) is 11.5 Å². The van der Waals surface area contributed by atoms with Crippen LogP contribution in [0.4, 0.5) is 0 Å². The van der Waals surface area contributed by atoms with E-state index in [-0.39, 0.29) is 0 Å². The van der Waals surface area contributed by atoms with Gasteiger partial charge in [0.1, 0.15) is 0 Å². The van der Waals surface area contributed by atoms with E-state index in [2.05, 4.69) is 43.7 Å². The van der Waals surface area contributed by atoms with Crippen molar-refractivity contribution in [2.75, 3.05) is 6.54 Å². The molecule has 0 radical (unpaired) electrons. The van der Waals surface area contributed by atoms with Gasteiger partial charge in [0, 0.05) is 6.20 Å². The minimum Gasteiger partial charge on any atom is -0.309 e. The molecule has 0 aliphatic rings. The van der Waals surface area contributed by atoms with Crippen LogP contribution in [0.3, 0.4) is 0 Å². The van der Waals surface area contributed by atoms with Gasteiger partial charge in [-0.2, -0.15) is 0 Å². The Morgan fingerprint density at radius 1 is 1.60 bits per heavy atom. The minimum atomic E-state index is 0.300. The van der Waals surface area contributed by atoms with E-state index in [1.54, 1.807) is 0 Å². The van der Waals surface area contributed by atoms with Gasteiger partial charge in [-0.1, -0.05) is 18.6 Å². The lowest BCUT2D eigenvalue weighted by molar-refractivity contribution is 0.532. The highest BCUT2D eigenvalue weighted by Gasteiger charge is 2.13. The van der Waals surface area contributed by atoms with Crippen molar-refractivity contribution in [2.24, 2.45) is 0 Å². The van der Waals surface area contributed by atoms with Crippen molar-refractivity contribution in [3.05, 3.63) is 41.7 Å². The molecule has 1 aromatic heterocycles. The number of aromatic nitrogens is 1. The van der Waals surface area contributed by atoms with Crippen molar-refractivity contribution >= 4 is 0 Å². The molecule has 0 bridgehead atoms. The molecule has 0 aromatic carbocycles. The van der Waals surface area contributed by atoms with Crippen molar-refractivity contribution < 1.29 is 0 Å². The van der Waals surface area contributed by atoms with E-state index in [1.165, 1.54) is 11.1 Å². The Bertz CT molecular complexity index is 331. The van der Waals surface area contributed by atoms with E-state index in [4.69, 9.17) is 0 Å². The van der Waals surface area contributed by atoms with Crippen LogP contribution in [0.15, 0.2) is 30.5 Å². The van der Waals surface area contributed by atoms with Gasteiger partial charge in [-0.15, -0.1) is 6.58 Å². The molecule has 0 spiro atoms. The van der Waals surface area contributed by atoms with Crippen LogP contribution in [0, 0.1) is 6.92 Å². The molecule has 1 N–H and O–H groups in total. The zero-order chi connectivity index (χ0) is 11.3. The van der Waals surface area contributed by atoms with E-state index in [9.17, 15) is 0 Å². The van der Waals surface area contributed by atoms with E-state index < -0.39 is 0 Å². The molecule has 0 amide bonds. The third kappa shape index (κ3) is 3.48. The number of pyridine rings is 1. The molecule has 0 aliphatic heterocycles. The number of hydrogen-bond donors (Lipinski definition) is 1. The monoisotopic (exact) mass is 204 g/mol. The maximum absolute atomic E-state index is 4.45. The van der Waals surface area contributed by atoms with E-state index in [0.29, 0.717) is 6.04 Å². The minimum absolute atomic E-state index is 0.300. The van der Waals surface area contributed by atoms with Crippen molar-refractivity contribution in [2.45, 2.75) is 33.2 Å². The van der Waals surface area contributed by atoms with E-state index in [0.717, 1.165) is 18.7 Å². The summed E-state index contributed by atoms with van der Waals surface area (Å²) < 4.78 is 0. The highest BCUT2D eigenvalue weighted by Crippen LogP contribution is 2.20. The molecule has 1 aromatic rings. The Hall–Kier alpha value is -1.15. The SMILES string of the molecule is C=C(C)CC(NCC)c1ncccc1C. The smallest absolute Gasteiger partial charge is 0.0605 e. The van der Waals surface area contributed by atoms with Gasteiger partial charge in [-0.3, -0.25) is 4.98 Å². The Kier molecular flexibility index (Phi) is 4.50. The number of nitrogens with one attached hydrogen (secondary N) is 1. The summed E-state index contributed by atoms with van der Waals surface area (Å²) >= 11 is 0. The summed E-state index contributed by atoms with van der Waals surface area (Å²) in [6.07, 6.45) is 2.80. The van der Waals surface area contributed by atoms with Crippen LogP contribution in [-0.2, 0) is 0 Å². The molecule has 0 fully saturated rings. The predicted molar refractivity (Wildman–Crippen MR) is 64.8 cm³/mol. The molecule has 0 saturated carbocycles. The van der Waals surface area contributed by atoms with Crippen LogP contribution in [0.2, 0.25) is 0 Å². The van der Waals surface area contributed by atoms with Gasteiger partial charge in [-0.05, 0) is 38.4 Å². The Balaban J connectivity index is 2.88. The van der Waals surface area contributed by atoms with Gasteiger partial charge < -0.3 is 5.32 Å². The van der Waals surface area contributed by atoms with Crippen molar-refractivity contribution in [1.82, 2.24) is 10.3 Å². The average molecular weight is 204 g/mol. The summed E-state index contributed by atoms with van der Waals surface area (Å²) in [6, 6.07) is 4.38. The molecule has 0 aliphatic carbocycles. The lowest BCUT2D eigenvalue weighted by Crippen LogP contribution is -2.22. The molecule has 15 heavy (non-hydrogen) atoms. The van der Waals surface area contributed by atoms with Crippen molar-refractivity contribution in [1.29, 1.82) is 0 Å². The van der Waals surface area contributed by atoms with Crippen LogP contribution < -0.4 is 5.32 Å². The molecule has 1 rings (SSSR count). The molecular formula is C13H20N2. The van der Waals surface area contributed by atoms with Gasteiger partial charge in [0.15, 0.2) is 0 Å². The predicted octanol–water partition coefficient (Wildman–Crippen LogP) is 3.01. The van der Waals surface area contributed by atoms with Crippen molar-refractivity contribution in [3.63, 3.8) is 0 Å². The second-order valence-corrected chi connectivity index (χ2v) is 3.98. The molecule has 1 atom stereocenters. The normalized spacial score (nSPS) is 12.5. The summed E-state index contributed by atoms with van der Waals surface area (Å²) in [4.78, 5) is 4.45. The van der Waals surface area contributed by atoms with Crippen LogP contribution in [0.25, 0.3) is 0 Å². The fraction of sp³-hybridized carbons (Fsp3) is 0.462. The first-order valence-corrected chi connectivity index (χ1v) is 5.44. The lowest BCUT2D eigenvalue weighted by Gasteiger charge is -2.19. The second-order valence-electron chi connectivity index (χ2n) is 3.98. The van der Waals surface area contributed by atoms with Crippen LogP contribution in [0.5, 0.6) is 0 Å². The Labute approximate surface area is 92.4 Å². The fourth-order valence-corrected chi connectivity index (χ4v) is 1.72. The van der Waals surface area contributed by atoms with Gasteiger partial charge in [0.05, 0.1) is 11.7 Å². The summed E-state index contributed by atoms with van der Waals surface area (Å²) in [7, 11) is 0. The van der Waals surface area contributed by atoms with Gasteiger partial charge in [-0.25, -0.2) is 0 Å². The second kappa shape index (κ2) is 5.66. The number of aryl methyl sites for hydroxylation is 1. The molecule has 2 heteroatoms. The molecular weight excluding hydrogens is 184 g/mol. The average Bonchev–Trinajstić information content (AvgIpc) is 2.17. The topological polar surface area (TPSA) is 24.9 Å². The third-order valence-corrected chi connectivity index (χ3v) is 2.38. The standard InChI is InChI=1S/C13H20N2/c1-5-14-12(9-10(2)3)13-11(4)7-6-8-15-13/h6-8,12,14H,2,5,9H2,1,3-4H3. The van der Waals surface area contributed by atoms with Crippen LogP contribution >= 0.6 is 0 Å². The molecule has 1 heterocycles. The molecule has 82 valence electrons. The van der Waals surface area contributed by atoms with E-state index in [1.807, 2.05) is 12.3 Å². The van der Waals surface area contributed by atoms with Crippen LogP contribution in [0.1, 0.15) is 37.6 Å². The highest BCUT2D eigenvalue weighted by atomic mass is 14.9. The first kappa shape index (κ1) is 11.9. The zero-order valence-corrected chi connectivity index (χ0v) is 9.88. The first-order valence-electron chi connectivity index (χ1n) is 5.44. The summed E-state index contributed by atoms with van der Waals surface area (Å²) in [5.41, 5.74) is 3.57. The fourth-order valence-electron chi connectivity index (χ4n) is 1.72. The van der Waals surface area contributed by atoms with Gasteiger partial charge in [0.2, 0.25) is 0 Å². The molecule has 0 saturated heterocycles. The number of hydrogen-bond acceptors (Lipinski definition) is 2. The maximum Gasteiger partial charge on any atom is 0.0605 e. The zero-order valence-electron chi connectivity index (χ0n) is 9.88. The summed E-state index contributed by atoms with van der Waals surface area (Å²) in [6.45, 7) is 11.2. The van der Waals surface area contributed by atoms with Gasteiger partial charge >= 0.3 is 0 Å². The molecule has 1 unspecified atom stereocenters. The quantitative estimate of drug-likeness (QED) is 0.746. The largest absolute Gasteiger partial charge is 0.309 e. The van der Waals surface area contributed by atoms with E-state index >= 15 is 0 Å². The summed E-state index contributed by atoms with van der Waals surface area (Å²) in [5, 5.41) is 3.45. The van der Waals surface area contributed by atoms with Gasteiger partial charge in [0.25, 0.3) is 0 Å². The Morgan fingerprint density at radius 2 is 2.33 bits per heavy atom. The molecule has 2 nitrogen and oxygen atoms in total. The highest BCUT2D eigenvalue weighted by molar-refractivity contribution is 5.22. The lowest BCUT2D eigenvalue weighted by atomic mass is 10.0. The first-order chi connectivity index (χ1) is 7.15. The van der Waals surface area contributed by atoms with Crippen molar-refractivity contribution in [3.8, 4) is 0 Å². The Morgan fingerprint density at radius 3 is 2.87 bits per heavy atom. The maximum atomic E-state index is 4.45. The number of rotatable bonds is 5. The summed E-state index contributed by atoms with van der Waals surface area (Å²) in [5.74, 6) is 0. The third-order valence-electron chi connectivity index (χ3n) is 2.38.